The highest BCUT2D eigenvalue weighted by molar-refractivity contribution is 6.04. The quantitative estimate of drug-likeness (QED) is 0.687. The Morgan fingerprint density at radius 1 is 1.07 bits per heavy atom. The number of hydrogen-bond acceptors (Lipinski definition) is 4. The average molecular weight is 378 g/mol. The van der Waals surface area contributed by atoms with Crippen molar-refractivity contribution in [2.75, 3.05) is 20.6 Å². The molecule has 1 atom stereocenters. The molecule has 6 nitrogen and oxygen atoms in total. The zero-order valence-electron chi connectivity index (χ0n) is 16.6. The fourth-order valence-electron chi connectivity index (χ4n) is 3.31. The Hall–Kier alpha value is -2.99. The summed E-state index contributed by atoms with van der Waals surface area (Å²) in [6.45, 7) is 2.90. The van der Waals surface area contributed by atoms with Crippen molar-refractivity contribution in [1.82, 2.24) is 20.0 Å². The average Bonchev–Trinajstić information content (AvgIpc) is 2.71. The molecule has 3 rings (SSSR count). The number of nitrogens with zero attached hydrogens (tertiary/aromatic N) is 3. The van der Waals surface area contributed by atoms with Crippen LogP contribution in [0.1, 0.15) is 35.4 Å². The summed E-state index contributed by atoms with van der Waals surface area (Å²) in [4.78, 5) is 27.6. The highest BCUT2D eigenvalue weighted by Crippen LogP contribution is 2.18. The maximum absolute atomic E-state index is 13.0. The first-order valence-electron chi connectivity index (χ1n) is 9.52. The molecule has 3 aromatic rings. The smallest absolute Gasteiger partial charge is 0.274 e. The van der Waals surface area contributed by atoms with Crippen LogP contribution in [0.2, 0.25) is 0 Å². The Bertz CT molecular complexity index is 1010. The van der Waals surface area contributed by atoms with Crippen LogP contribution >= 0.6 is 0 Å². The third kappa shape index (κ3) is 4.12. The summed E-state index contributed by atoms with van der Waals surface area (Å²) < 4.78 is 1.39. The maximum atomic E-state index is 13.0. The van der Waals surface area contributed by atoms with Gasteiger partial charge in [0.1, 0.15) is 0 Å². The van der Waals surface area contributed by atoms with Gasteiger partial charge in [0.25, 0.3) is 11.5 Å². The molecule has 0 fully saturated rings. The second-order valence-corrected chi connectivity index (χ2v) is 7.02. The molecular weight excluding hydrogens is 352 g/mol. The van der Waals surface area contributed by atoms with Gasteiger partial charge in [-0.15, -0.1) is 0 Å². The van der Waals surface area contributed by atoms with Gasteiger partial charge in [-0.1, -0.05) is 55.5 Å². The summed E-state index contributed by atoms with van der Waals surface area (Å²) in [5, 5.41) is 8.46. The van der Waals surface area contributed by atoms with Crippen molar-refractivity contribution in [2.24, 2.45) is 0 Å². The number of nitrogens with one attached hydrogen (secondary N) is 1. The Labute approximate surface area is 164 Å². The van der Waals surface area contributed by atoms with E-state index in [0.29, 0.717) is 23.9 Å². The molecule has 1 aromatic heterocycles. The summed E-state index contributed by atoms with van der Waals surface area (Å²) >= 11 is 0. The Morgan fingerprint density at radius 3 is 2.36 bits per heavy atom. The molecule has 0 aliphatic rings. The van der Waals surface area contributed by atoms with Gasteiger partial charge in [-0.05, 0) is 32.1 Å². The number of amides is 1. The second-order valence-electron chi connectivity index (χ2n) is 7.02. The highest BCUT2D eigenvalue weighted by Gasteiger charge is 2.19. The van der Waals surface area contributed by atoms with E-state index in [1.165, 1.54) is 4.68 Å². The Kier molecular flexibility index (Phi) is 6.21. The van der Waals surface area contributed by atoms with E-state index in [0.717, 1.165) is 12.0 Å². The number of likely N-dealkylation sites (N-methyl/N-ethyl adjacent to an activating group) is 1. The van der Waals surface area contributed by atoms with Crippen molar-refractivity contribution in [2.45, 2.75) is 25.9 Å². The maximum Gasteiger partial charge on any atom is 0.274 e. The number of rotatable bonds is 7. The van der Waals surface area contributed by atoms with Crippen molar-refractivity contribution in [3.63, 3.8) is 0 Å². The summed E-state index contributed by atoms with van der Waals surface area (Å²) in [5.41, 5.74) is 1.25. The topological polar surface area (TPSA) is 67.2 Å². The first-order valence-corrected chi connectivity index (χ1v) is 9.52. The Balaban J connectivity index is 1.91. The lowest BCUT2D eigenvalue weighted by Gasteiger charge is -2.25. The van der Waals surface area contributed by atoms with Crippen LogP contribution in [0, 0.1) is 0 Å². The molecule has 1 amide bonds. The number of aromatic nitrogens is 2. The first kappa shape index (κ1) is 19.8. The standard InChI is InChI=1S/C22H26N4O2/c1-4-14-26-22(28)18-13-9-8-12-17(18)20(24-26)21(27)23-15-19(25(2)3)16-10-6-5-7-11-16/h5-13,19H,4,14-15H2,1-3H3,(H,23,27)/t19-/m1/s1. The zero-order chi connectivity index (χ0) is 20.1. The number of carbonyl (C=O) groups is 1. The van der Waals surface area contributed by atoms with E-state index in [9.17, 15) is 9.59 Å². The molecule has 0 aliphatic heterocycles. The number of aryl methyl sites for hydroxylation is 1. The Morgan fingerprint density at radius 2 is 1.71 bits per heavy atom. The molecule has 0 radical (unpaired) electrons. The van der Waals surface area contributed by atoms with E-state index in [4.69, 9.17) is 0 Å². The lowest BCUT2D eigenvalue weighted by atomic mass is 10.1. The predicted molar refractivity (Wildman–Crippen MR) is 111 cm³/mol. The third-order valence-electron chi connectivity index (χ3n) is 4.78. The van der Waals surface area contributed by atoms with Gasteiger partial charge in [0.15, 0.2) is 5.69 Å². The molecule has 0 saturated heterocycles. The van der Waals surface area contributed by atoms with E-state index in [2.05, 4.69) is 15.3 Å². The zero-order valence-corrected chi connectivity index (χ0v) is 16.6. The molecule has 146 valence electrons. The lowest BCUT2D eigenvalue weighted by Crippen LogP contribution is -2.36. The van der Waals surface area contributed by atoms with Gasteiger partial charge in [0.2, 0.25) is 0 Å². The van der Waals surface area contributed by atoms with Gasteiger partial charge < -0.3 is 10.2 Å². The minimum absolute atomic E-state index is 0.0398. The minimum Gasteiger partial charge on any atom is -0.349 e. The van der Waals surface area contributed by atoms with Crippen LogP contribution in [0.15, 0.2) is 59.4 Å². The number of carbonyl (C=O) groups excluding carboxylic acids is 1. The van der Waals surface area contributed by atoms with E-state index in [-0.39, 0.29) is 23.2 Å². The van der Waals surface area contributed by atoms with Crippen LogP contribution in [0.25, 0.3) is 10.8 Å². The number of hydrogen-bond donors (Lipinski definition) is 1. The molecule has 6 heteroatoms. The fraction of sp³-hybridized carbons (Fsp3) is 0.318. The van der Waals surface area contributed by atoms with Crippen molar-refractivity contribution in [3.8, 4) is 0 Å². The van der Waals surface area contributed by atoms with Gasteiger partial charge in [0.05, 0.1) is 11.4 Å². The van der Waals surface area contributed by atoms with Gasteiger partial charge >= 0.3 is 0 Å². The monoisotopic (exact) mass is 378 g/mol. The summed E-state index contributed by atoms with van der Waals surface area (Å²) in [6, 6.07) is 17.2. The van der Waals surface area contributed by atoms with Gasteiger partial charge in [-0.2, -0.15) is 5.10 Å². The van der Waals surface area contributed by atoms with Crippen molar-refractivity contribution >= 4 is 16.7 Å². The lowest BCUT2D eigenvalue weighted by molar-refractivity contribution is 0.0936. The summed E-state index contributed by atoms with van der Waals surface area (Å²) in [7, 11) is 3.97. The largest absolute Gasteiger partial charge is 0.349 e. The molecule has 0 spiro atoms. The minimum atomic E-state index is -0.274. The van der Waals surface area contributed by atoms with Gasteiger partial charge in [-0.3, -0.25) is 9.59 Å². The van der Waals surface area contributed by atoms with E-state index >= 15 is 0 Å². The predicted octanol–water partition coefficient (Wildman–Crippen LogP) is 2.84. The molecule has 0 aliphatic carbocycles. The van der Waals surface area contributed by atoms with Crippen LogP contribution in [-0.4, -0.2) is 41.2 Å². The van der Waals surface area contributed by atoms with Gasteiger partial charge in [-0.25, -0.2) is 4.68 Å². The molecule has 0 bridgehead atoms. The molecule has 28 heavy (non-hydrogen) atoms. The van der Waals surface area contributed by atoms with E-state index in [1.54, 1.807) is 18.2 Å². The van der Waals surface area contributed by atoms with Crippen molar-refractivity contribution in [1.29, 1.82) is 0 Å². The summed E-state index contributed by atoms with van der Waals surface area (Å²) in [6.07, 6.45) is 0.767. The van der Waals surface area contributed by atoms with Crippen LogP contribution in [0.3, 0.4) is 0 Å². The fourth-order valence-corrected chi connectivity index (χ4v) is 3.31. The molecule has 0 unspecified atom stereocenters. The van der Waals surface area contributed by atoms with Crippen LogP contribution < -0.4 is 10.9 Å². The normalized spacial score (nSPS) is 12.3. The third-order valence-corrected chi connectivity index (χ3v) is 4.78. The molecule has 1 N–H and O–H groups in total. The van der Waals surface area contributed by atoms with Crippen LogP contribution in [-0.2, 0) is 6.54 Å². The molecular formula is C22H26N4O2. The highest BCUT2D eigenvalue weighted by atomic mass is 16.2. The molecule has 2 aromatic carbocycles. The first-order chi connectivity index (χ1) is 13.5. The second kappa shape index (κ2) is 8.80. The molecule has 1 heterocycles. The molecule has 0 saturated carbocycles. The van der Waals surface area contributed by atoms with E-state index < -0.39 is 0 Å². The van der Waals surface area contributed by atoms with Gasteiger partial charge in [0, 0.05) is 18.5 Å². The number of fused-ring (bicyclic) bond motifs is 1. The van der Waals surface area contributed by atoms with Crippen molar-refractivity contribution < 1.29 is 4.79 Å². The number of benzene rings is 2. The summed E-state index contributed by atoms with van der Waals surface area (Å²) in [5.74, 6) is -0.274. The van der Waals surface area contributed by atoms with E-state index in [1.807, 2.05) is 57.4 Å². The van der Waals surface area contributed by atoms with Crippen molar-refractivity contribution in [3.05, 3.63) is 76.2 Å². The van der Waals surface area contributed by atoms with Crippen LogP contribution in [0.5, 0.6) is 0 Å². The van der Waals surface area contributed by atoms with Crippen LogP contribution in [0.4, 0.5) is 0 Å². The SMILES string of the molecule is CCCn1nc(C(=O)NC[C@H](c2ccccc2)N(C)C)c2ccccc2c1=O.